The van der Waals surface area contributed by atoms with Gasteiger partial charge in [0.2, 0.25) is 0 Å². The SMILES string of the molecule is CN1CCC(CN)C1c1cccc(Br)c1. The topological polar surface area (TPSA) is 29.3 Å². The fourth-order valence-corrected chi connectivity index (χ4v) is 2.91. The lowest BCUT2D eigenvalue weighted by Crippen LogP contribution is -2.25. The fourth-order valence-electron chi connectivity index (χ4n) is 2.49. The minimum absolute atomic E-state index is 0.493. The van der Waals surface area contributed by atoms with Crippen LogP contribution in [-0.4, -0.2) is 25.0 Å². The maximum Gasteiger partial charge on any atom is 0.0386 e. The summed E-state index contributed by atoms with van der Waals surface area (Å²) in [6, 6.07) is 9.05. The monoisotopic (exact) mass is 268 g/mol. The van der Waals surface area contributed by atoms with Crippen molar-refractivity contribution >= 4 is 15.9 Å². The van der Waals surface area contributed by atoms with E-state index in [9.17, 15) is 0 Å². The van der Waals surface area contributed by atoms with E-state index >= 15 is 0 Å². The van der Waals surface area contributed by atoms with Crippen LogP contribution in [0.25, 0.3) is 0 Å². The maximum absolute atomic E-state index is 5.82. The van der Waals surface area contributed by atoms with E-state index in [1.54, 1.807) is 0 Å². The Morgan fingerprint density at radius 3 is 3.00 bits per heavy atom. The third-order valence-corrected chi connectivity index (χ3v) is 3.76. The molecule has 1 aliphatic rings. The summed E-state index contributed by atoms with van der Waals surface area (Å²) >= 11 is 3.52. The Hall–Kier alpha value is -0.380. The van der Waals surface area contributed by atoms with Crippen molar-refractivity contribution in [3.63, 3.8) is 0 Å². The van der Waals surface area contributed by atoms with Crippen molar-refractivity contribution in [1.29, 1.82) is 0 Å². The van der Waals surface area contributed by atoms with Crippen LogP contribution < -0.4 is 5.73 Å². The van der Waals surface area contributed by atoms with Crippen molar-refractivity contribution in [2.24, 2.45) is 11.7 Å². The zero-order valence-corrected chi connectivity index (χ0v) is 10.6. The molecular weight excluding hydrogens is 252 g/mol. The van der Waals surface area contributed by atoms with Gasteiger partial charge in [0, 0.05) is 10.5 Å². The van der Waals surface area contributed by atoms with E-state index in [0.717, 1.165) is 17.6 Å². The summed E-state index contributed by atoms with van der Waals surface area (Å²) < 4.78 is 1.15. The number of hydrogen-bond donors (Lipinski definition) is 1. The number of nitrogens with zero attached hydrogens (tertiary/aromatic N) is 1. The summed E-state index contributed by atoms with van der Waals surface area (Å²) in [5, 5.41) is 0. The quantitative estimate of drug-likeness (QED) is 0.893. The van der Waals surface area contributed by atoms with Crippen molar-refractivity contribution in [1.82, 2.24) is 4.90 Å². The van der Waals surface area contributed by atoms with Gasteiger partial charge in [-0.25, -0.2) is 0 Å². The summed E-state index contributed by atoms with van der Waals surface area (Å²) in [5.41, 5.74) is 7.20. The van der Waals surface area contributed by atoms with Crippen molar-refractivity contribution in [2.45, 2.75) is 12.5 Å². The van der Waals surface area contributed by atoms with Gasteiger partial charge in [-0.3, -0.25) is 4.90 Å². The molecule has 1 saturated heterocycles. The van der Waals surface area contributed by atoms with Crippen molar-refractivity contribution in [2.75, 3.05) is 20.1 Å². The maximum atomic E-state index is 5.82. The van der Waals surface area contributed by atoms with Gasteiger partial charge in [-0.2, -0.15) is 0 Å². The molecule has 2 atom stereocenters. The van der Waals surface area contributed by atoms with E-state index in [1.165, 1.54) is 12.0 Å². The molecule has 3 heteroatoms. The molecule has 2 rings (SSSR count). The highest BCUT2D eigenvalue weighted by Gasteiger charge is 2.31. The number of nitrogens with two attached hydrogens (primary N) is 1. The van der Waals surface area contributed by atoms with Gasteiger partial charge in [-0.1, -0.05) is 28.1 Å². The molecule has 0 aromatic heterocycles. The second-order valence-corrected chi connectivity index (χ2v) is 5.18. The lowest BCUT2D eigenvalue weighted by Gasteiger charge is -2.24. The van der Waals surface area contributed by atoms with E-state index in [-0.39, 0.29) is 0 Å². The molecule has 1 aromatic rings. The number of halogens is 1. The predicted octanol–water partition coefficient (Wildman–Crippen LogP) is 2.40. The highest BCUT2D eigenvalue weighted by atomic mass is 79.9. The lowest BCUT2D eigenvalue weighted by atomic mass is 9.94. The first-order chi connectivity index (χ1) is 7.22. The lowest BCUT2D eigenvalue weighted by molar-refractivity contribution is 0.279. The van der Waals surface area contributed by atoms with Crippen LogP contribution in [0.3, 0.4) is 0 Å². The van der Waals surface area contributed by atoms with Crippen LogP contribution in [-0.2, 0) is 0 Å². The minimum Gasteiger partial charge on any atom is -0.330 e. The average Bonchev–Trinajstić information content (AvgIpc) is 2.59. The fraction of sp³-hybridized carbons (Fsp3) is 0.500. The molecule has 0 amide bonds. The molecular formula is C12H17BrN2. The highest BCUT2D eigenvalue weighted by Crippen LogP contribution is 2.36. The number of benzene rings is 1. The van der Waals surface area contributed by atoms with Gasteiger partial charge >= 0.3 is 0 Å². The Bertz CT molecular complexity index is 340. The summed E-state index contributed by atoms with van der Waals surface area (Å²) in [6.07, 6.45) is 1.21. The number of rotatable bonds is 2. The van der Waals surface area contributed by atoms with Crippen LogP contribution in [0.15, 0.2) is 28.7 Å². The number of likely N-dealkylation sites (tertiary alicyclic amines) is 1. The minimum atomic E-state index is 0.493. The Labute approximate surface area is 99.6 Å². The van der Waals surface area contributed by atoms with Crippen LogP contribution in [0, 0.1) is 5.92 Å². The van der Waals surface area contributed by atoms with Gasteiger partial charge in [-0.05, 0) is 50.2 Å². The molecule has 2 N–H and O–H groups in total. The summed E-state index contributed by atoms with van der Waals surface area (Å²) in [7, 11) is 2.18. The van der Waals surface area contributed by atoms with Gasteiger partial charge in [-0.15, -0.1) is 0 Å². The molecule has 2 nitrogen and oxygen atoms in total. The largest absolute Gasteiger partial charge is 0.330 e. The van der Waals surface area contributed by atoms with E-state index in [2.05, 4.69) is 52.1 Å². The Morgan fingerprint density at radius 2 is 2.33 bits per heavy atom. The normalized spacial score (nSPS) is 27.1. The van der Waals surface area contributed by atoms with Crippen molar-refractivity contribution in [3.05, 3.63) is 34.3 Å². The summed E-state index contributed by atoms with van der Waals surface area (Å²) in [5.74, 6) is 0.601. The van der Waals surface area contributed by atoms with Gasteiger partial charge < -0.3 is 5.73 Å². The number of hydrogen-bond acceptors (Lipinski definition) is 2. The second-order valence-electron chi connectivity index (χ2n) is 4.26. The van der Waals surface area contributed by atoms with Gasteiger partial charge in [0.05, 0.1) is 0 Å². The van der Waals surface area contributed by atoms with Gasteiger partial charge in [0.15, 0.2) is 0 Å². The van der Waals surface area contributed by atoms with E-state index in [0.29, 0.717) is 12.0 Å². The first-order valence-corrected chi connectivity index (χ1v) is 6.17. The van der Waals surface area contributed by atoms with Crippen molar-refractivity contribution < 1.29 is 0 Å². The Morgan fingerprint density at radius 1 is 1.53 bits per heavy atom. The standard InChI is InChI=1S/C12H17BrN2/c1-15-6-5-10(8-14)12(15)9-3-2-4-11(13)7-9/h2-4,7,10,12H,5-6,8,14H2,1H3. The summed E-state index contributed by atoms with van der Waals surface area (Å²) in [4.78, 5) is 2.40. The Balaban J connectivity index is 2.28. The van der Waals surface area contributed by atoms with Crippen LogP contribution in [0.1, 0.15) is 18.0 Å². The molecule has 1 fully saturated rings. The molecule has 1 aromatic carbocycles. The highest BCUT2D eigenvalue weighted by molar-refractivity contribution is 9.10. The van der Waals surface area contributed by atoms with Crippen LogP contribution in [0.5, 0.6) is 0 Å². The van der Waals surface area contributed by atoms with Gasteiger partial charge in [0.1, 0.15) is 0 Å². The zero-order valence-electron chi connectivity index (χ0n) is 8.99. The third kappa shape index (κ3) is 2.25. The Kier molecular flexibility index (Phi) is 3.44. The molecule has 2 unspecified atom stereocenters. The molecule has 0 bridgehead atoms. The van der Waals surface area contributed by atoms with Gasteiger partial charge in [0.25, 0.3) is 0 Å². The van der Waals surface area contributed by atoms with Crippen LogP contribution in [0.4, 0.5) is 0 Å². The molecule has 15 heavy (non-hydrogen) atoms. The first kappa shape index (κ1) is 11.1. The molecule has 0 spiro atoms. The molecule has 1 heterocycles. The van der Waals surface area contributed by atoms with Crippen molar-refractivity contribution in [3.8, 4) is 0 Å². The van der Waals surface area contributed by atoms with Crippen LogP contribution >= 0.6 is 15.9 Å². The molecule has 0 saturated carbocycles. The van der Waals surface area contributed by atoms with E-state index < -0.39 is 0 Å². The summed E-state index contributed by atoms with van der Waals surface area (Å²) in [6.45, 7) is 1.93. The predicted molar refractivity (Wildman–Crippen MR) is 66.7 cm³/mol. The average molecular weight is 269 g/mol. The van der Waals surface area contributed by atoms with E-state index in [1.807, 2.05) is 0 Å². The molecule has 82 valence electrons. The van der Waals surface area contributed by atoms with E-state index in [4.69, 9.17) is 5.73 Å². The van der Waals surface area contributed by atoms with Crippen LogP contribution in [0.2, 0.25) is 0 Å². The zero-order chi connectivity index (χ0) is 10.8. The third-order valence-electron chi connectivity index (χ3n) is 3.27. The first-order valence-electron chi connectivity index (χ1n) is 5.38. The molecule has 1 aliphatic heterocycles. The molecule has 0 aliphatic carbocycles. The smallest absolute Gasteiger partial charge is 0.0386 e. The molecule has 0 radical (unpaired) electrons. The second kappa shape index (κ2) is 4.64.